The minimum Gasteiger partial charge on any atom is -0.255 e. The standard InChI is InChI=1S/C10H7IN2/c11-10-6-3-5-9(13-10)8-4-1-2-7-12-8/h1-7H. The van der Waals surface area contributed by atoms with Gasteiger partial charge in [-0.2, -0.15) is 0 Å². The molecule has 3 heteroatoms. The van der Waals surface area contributed by atoms with Gasteiger partial charge in [0.15, 0.2) is 0 Å². The summed E-state index contributed by atoms with van der Waals surface area (Å²) in [6.07, 6.45) is 1.77. The smallest absolute Gasteiger partial charge is 0.102 e. The number of hydrogen-bond donors (Lipinski definition) is 0. The summed E-state index contributed by atoms with van der Waals surface area (Å²) in [5.41, 5.74) is 1.84. The molecule has 0 bridgehead atoms. The van der Waals surface area contributed by atoms with E-state index in [9.17, 15) is 0 Å². The zero-order valence-electron chi connectivity index (χ0n) is 6.81. The molecular weight excluding hydrogens is 275 g/mol. The van der Waals surface area contributed by atoms with Gasteiger partial charge in [-0.1, -0.05) is 12.1 Å². The van der Waals surface area contributed by atoms with Crippen molar-refractivity contribution in [2.75, 3.05) is 0 Å². The Balaban J connectivity index is 2.48. The monoisotopic (exact) mass is 282 g/mol. The minimum absolute atomic E-state index is 0.918. The molecule has 13 heavy (non-hydrogen) atoms. The second-order valence-corrected chi connectivity index (χ2v) is 3.67. The van der Waals surface area contributed by atoms with Gasteiger partial charge >= 0.3 is 0 Å². The molecule has 0 atom stereocenters. The quantitative estimate of drug-likeness (QED) is 0.593. The van der Waals surface area contributed by atoms with Crippen LogP contribution in [-0.4, -0.2) is 9.97 Å². The molecule has 0 fully saturated rings. The highest BCUT2D eigenvalue weighted by atomic mass is 127. The van der Waals surface area contributed by atoms with Gasteiger partial charge in [0.1, 0.15) is 3.70 Å². The molecule has 0 unspecified atom stereocenters. The molecule has 0 aromatic carbocycles. The third-order valence-corrected chi connectivity index (χ3v) is 2.24. The molecule has 2 heterocycles. The lowest BCUT2D eigenvalue weighted by Crippen LogP contribution is -1.87. The van der Waals surface area contributed by atoms with Crippen molar-refractivity contribution in [1.82, 2.24) is 9.97 Å². The Kier molecular flexibility index (Phi) is 2.54. The van der Waals surface area contributed by atoms with Gasteiger partial charge in [0, 0.05) is 6.20 Å². The van der Waals surface area contributed by atoms with Gasteiger partial charge < -0.3 is 0 Å². The Labute approximate surface area is 90.2 Å². The van der Waals surface area contributed by atoms with Crippen molar-refractivity contribution >= 4 is 22.6 Å². The van der Waals surface area contributed by atoms with Crippen molar-refractivity contribution in [1.29, 1.82) is 0 Å². The maximum atomic E-state index is 4.37. The highest BCUT2D eigenvalue weighted by Gasteiger charge is 1.98. The number of rotatable bonds is 1. The molecule has 0 amide bonds. The van der Waals surface area contributed by atoms with Gasteiger partial charge in [-0.25, -0.2) is 4.98 Å². The SMILES string of the molecule is Ic1cccc(-c2ccccn2)n1. The van der Waals surface area contributed by atoms with Crippen LogP contribution in [0.25, 0.3) is 11.4 Å². The van der Waals surface area contributed by atoms with Gasteiger partial charge in [0.2, 0.25) is 0 Å². The van der Waals surface area contributed by atoms with Crippen molar-refractivity contribution < 1.29 is 0 Å². The van der Waals surface area contributed by atoms with E-state index in [-0.39, 0.29) is 0 Å². The molecule has 2 nitrogen and oxygen atoms in total. The topological polar surface area (TPSA) is 25.8 Å². The fraction of sp³-hybridized carbons (Fsp3) is 0. The number of nitrogens with zero attached hydrogens (tertiary/aromatic N) is 2. The molecule has 0 N–H and O–H groups in total. The van der Waals surface area contributed by atoms with Gasteiger partial charge in [-0.3, -0.25) is 4.98 Å². The summed E-state index contributed by atoms with van der Waals surface area (Å²) in [6.45, 7) is 0. The molecule has 64 valence electrons. The molecule has 0 aliphatic heterocycles. The molecule has 2 aromatic heterocycles. The fourth-order valence-corrected chi connectivity index (χ4v) is 1.53. The van der Waals surface area contributed by atoms with Crippen molar-refractivity contribution in [3.8, 4) is 11.4 Å². The van der Waals surface area contributed by atoms with E-state index in [2.05, 4.69) is 32.6 Å². The number of hydrogen-bond acceptors (Lipinski definition) is 2. The third-order valence-electron chi connectivity index (χ3n) is 1.64. The Morgan fingerprint density at radius 3 is 2.46 bits per heavy atom. The first-order valence-corrected chi connectivity index (χ1v) is 4.98. The number of halogens is 1. The molecule has 0 saturated heterocycles. The van der Waals surface area contributed by atoms with E-state index in [1.54, 1.807) is 6.20 Å². The van der Waals surface area contributed by atoms with Crippen molar-refractivity contribution in [3.05, 3.63) is 46.3 Å². The van der Waals surface area contributed by atoms with Crippen molar-refractivity contribution in [3.63, 3.8) is 0 Å². The molecule has 2 aromatic rings. The van der Waals surface area contributed by atoms with Crippen molar-refractivity contribution in [2.45, 2.75) is 0 Å². The Morgan fingerprint density at radius 1 is 0.923 bits per heavy atom. The maximum Gasteiger partial charge on any atom is 0.102 e. The lowest BCUT2D eigenvalue weighted by molar-refractivity contribution is 1.22. The second kappa shape index (κ2) is 3.83. The van der Waals surface area contributed by atoms with Crippen LogP contribution >= 0.6 is 22.6 Å². The normalized spacial score (nSPS) is 9.92. The highest BCUT2D eigenvalue weighted by molar-refractivity contribution is 14.1. The van der Waals surface area contributed by atoms with Crippen LogP contribution < -0.4 is 0 Å². The summed E-state index contributed by atoms with van der Waals surface area (Å²) < 4.78 is 0.987. The molecule has 0 radical (unpaired) electrons. The van der Waals surface area contributed by atoms with Crippen LogP contribution in [0.5, 0.6) is 0 Å². The van der Waals surface area contributed by atoms with Gasteiger partial charge in [-0.15, -0.1) is 0 Å². The Hall–Kier alpha value is -0.970. The molecule has 2 rings (SSSR count). The first-order valence-electron chi connectivity index (χ1n) is 3.90. The van der Waals surface area contributed by atoms with Crippen molar-refractivity contribution in [2.24, 2.45) is 0 Å². The average molecular weight is 282 g/mol. The highest BCUT2D eigenvalue weighted by Crippen LogP contribution is 2.14. The molecular formula is C10H7IN2. The second-order valence-electron chi connectivity index (χ2n) is 2.56. The van der Waals surface area contributed by atoms with E-state index in [0.29, 0.717) is 0 Å². The predicted octanol–water partition coefficient (Wildman–Crippen LogP) is 2.75. The molecule has 0 saturated carbocycles. The van der Waals surface area contributed by atoms with E-state index in [1.165, 1.54) is 0 Å². The van der Waals surface area contributed by atoms with Crippen LogP contribution in [0.2, 0.25) is 0 Å². The van der Waals surface area contributed by atoms with Crippen LogP contribution in [0.4, 0.5) is 0 Å². The zero-order valence-corrected chi connectivity index (χ0v) is 8.97. The summed E-state index contributed by atoms with van der Waals surface area (Å²) >= 11 is 2.19. The fourth-order valence-electron chi connectivity index (χ4n) is 1.07. The third kappa shape index (κ3) is 2.03. The number of pyridine rings is 2. The van der Waals surface area contributed by atoms with E-state index in [1.807, 2.05) is 36.4 Å². The first kappa shape index (κ1) is 8.62. The Morgan fingerprint density at radius 2 is 1.77 bits per heavy atom. The predicted molar refractivity (Wildman–Crippen MR) is 60.2 cm³/mol. The van der Waals surface area contributed by atoms with E-state index in [0.717, 1.165) is 15.1 Å². The number of aromatic nitrogens is 2. The zero-order chi connectivity index (χ0) is 9.10. The maximum absolute atomic E-state index is 4.37. The summed E-state index contributed by atoms with van der Waals surface area (Å²) in [5, 5.41) is 0. The van der Waals surface area contributed by atoms with Crippen LogP contribution in [-0.2, 0) is 0 Å². The van der Waals surface area contributed by atoms with Gasteiger partial charge in [0.05, 0.1) is 11.4 Å². The summed E-state index contributed by atoms with van der Waals surface area (Å²) in [4.78, 5) is 8.59. The van der Waals surface area contributed by atoms with E-state index < -0.39 is 0 Å². The summed E-state index contributed by atoms with van der Waals surface area (Å²) in [7, 11) is 0. The lowest BCUT2D eigenvalue weighted by atomic mass is 10.2. The van der Waals surface area contributed by atoms with Crippen LogP contribution in [0.1, 0.15) is 0 Å². The van der Waals surface area contributed by atoms with Crippen LogP contribution in [0.15, 0.2) is 42.6 Å². The summed E-state index contributed by atoms with van der Waals surface area (Å²) in [5.74, 6) is 0. The average Bonchev–Trinajstić information content (AvgIpc) is 2.19. The lowest BCUT2D eigenvalue weighted by Gasteiger charge is -1.98. The van der Waals surface area contributed by atoms with Crippen LogP contribution in [0.3, 0.4) is 0 Å². The van der Waals surface area contributed by atoms with E-state index >= 15 is 0 Å². The Bertz CT molecular complexity index is 401. The van der Waals surface area contributed by atoms with E-state index in [4.69, 9.17) is 0 Å². The largest absolute Gasteiger partial charge is 0.255 e. The van der Waals surface area contributed by atoms with Crippen LogP contribution in [0, 0.1) is 3.70 Å². The van der Waals surface area contributed by atoms with Gasteiger partial charge in [0.25, 0.3) is 0 Å². The molecule has 0 aliphatic rings. The van der Waals surface area contributed by atoms with Gasteiger partial charge in [-0.05, 0) is 46.9 Å². The molecule has 0 aliphatic carbocycles. The molecule has 0 spiro atoms. The minimum atomic E-state index is 0.918. The summed E-state index contributed by atoms with van der Waals surface area (Å²) in [6, 6.07) is 11.7. The first-order chi connectivity index (χ1) is 6.36.